The number of rotatable bonds is 5. The highest BCUT2D eigenvalue weighted by Crippen LogP contribution is 2.39. The van der Waals surface area contributed by atoms with Gasteiger partial charge in [0.2, 0.25) is 0 Å². The zero-order chi connectivity index (χ0) is 17.1. The minimum atomic E-state index is 0.240. The van der Waals surface area contributed by atoms with Gasteiger partial charge >= 0.3 is 0 Å². The van der Waals surface area contributed by atoms with Gasteiger partial charge < -0.3 is 16.5 Å². The van der Waals surface area contributed by atoms with E-state index in [4.69, 9.17) is 11.1 Å². The summed E-state index contributed by atoms with van der Waals surface area (Å²) in [6, 6.07) is 2.44. The van der Waals surface area contributed by atoms with Crippen molar-refractivity contribution >= 4 is 28.8 Å². The molecular formula is C19H25N3S2. The lowest BCUT2D eigenvalue weighted by Gasteiger charge is -2.23. The fourth-order valence-electron chi connectivity index (χ4n) is 3.13. The lowest BCUT2D eigenvalue weighted by molar-refractivity contribution is 0.587. The standard InChI is InChI=1S/C19H25N3S2/c1-12-3-5-15(6-4-12)22-13(2)9-14-7-8-23-19-17(18(14)21)10-16(11-20)24-19/h3-5,10,14-15,21-22H,2,6-9,11,20H2,1H3. The fourth-order valence-corrected chi connectivity index (χ4v) is 5.63. The zero-order valence-corrected chi connectivity index (χ0v) is 15.7. The molecule has 0 fully saturated rings. The lowest BCUT2D eigenvalue weighted by Crippen LogP contribution is -2.29. The molecule has 0 spiro atoms. The Bertz CT molecular complexity index is 699. The van der Waals surface area contributed by atoms with Gasteiger partial charge in [-0.3, -0.25) is 0 Å². The van der Waals surface area contributed by atoms with Crippen molar-refractivity contribution in [2.24, 2.45) is 11.7 Å². The van der Waals surface area contributed by atoms with Crippen molar-refractivity contribution in [3.05, 3.63) is 52.6 Å². The largest absolute Gasteiger partial charge is 0.382 e. The van der Waals surface area contributed by atoms with Crippen LogP contribution in [0, 0.1) is 11.3 Å². The third-order valence-electron chi connectivity index (χ3n) is 4.52. The van der Waals surface area contributed by atoms with Crippen molar-refractivity contribution < 1.29 is 0 Å². The highest BCUT2D eigenvalue weighted by molar-refractivity contribution is 8.01. The fraction of sp³-hybridized carbons (Fsp3) is 0.421. The van der Waals surface area contributed by atoms with Gasteiger partial charge in [-0.2, -0.15) is 0 Å². The summed E-state index contributed by atoms with van der Waals surface area (Å²) in [7, 11) is 0. The molecule has 1 aliphatic heterocycles. The number of nitrogens with two attached hydrogens (primary N) is 1. The van der Waals surface area contributed by atoms with Gasteiger partial charge in [0.1, 0.15) is 0 Å². The quantitative estimate of drug-likeness (QED) is 0.727. The van der Waals surface area contributed by atoms with Gasteiger partial charge in [-0.25, -0.2) is 0 Å². The molecule has 0 amide bonds. The topological polar surface area (TPSA) is 61.9 Å². The first-order chi connectivity index (χ1) is 11.6. The molecular weight excluding hydrogens is 334 g/mol. The SMILES string of the molecule is C=C(CC1CCSc2sc(CN)cc2C1=N)NC1C=CC(C)=CC1. The second-order valence-corrected chi connectivity index (χ2v) is 8.97. The number of nitrogens with one attached hydrogen (secondary N) is 2. The molecule has 4 N–H and O–H groups in total. The van der Waals surface area contributed by atoms with Crippen molar-refractivity contribution in [1.82, 2.24) is 5.32 Å². The maximum Gasteiger partial charge on any atom is 0.0692 e. The van der Waals surface area contributed by atoms with Crippen LogP contribution in [0.1, 0.15) is 36.6 Å². The van der Waals surface area contributed by atoms with Crippen LogP contribution in [0.15, 0.2) is 46.4 Å². The minimum absolute atomic E-state index is 0.240. The predicted octanol–water partition coefficient (Wildman–Crippen LogP) is 4.45. The number of allylic oxidation sites excluding steroid dienone is 3. The summed E-state index contributed by atoms with van der Waals surface area (Å²) in [6.07, 6.45) is 9.49. The highest BCUT2D eigenvalue weighted by Gasteiger charge is 2.25. The van der Waals surface area contributed by atoms with Crippen LogP contribution in [-0.4, -0.2) is 17.5 Å². The van der Waals surface area contributed by atoms with E-state index in [1.807, 2.05) is 11.8 Å². The van der Waals surface area contributed by atoms with Gasteiger partial charge in [-0.1, -0.05) is 30.4 Å². The van der Waals surface area contributed by atoms with E-state index in [0.29, 0.717) is 12.6 Å². The molecule has 0 saturated carbocycles. The first-order valence-corrected chi connectivity index (χ1v) is 10.2. The molecule has 0 saturated heterocycles. The normalized spacial score (nSPS) is 23.4. The molecule has 1 aliphatic carbocycles. The molecule has 2 unspecified atom stereocenters. The summed E-state index contributed by atoms with van der Waals surface area (Å²) >= 11 is 3.61. The Kier molecular flexibility index (Phi) is 5.64. The number of thiophene rings is 1. The average molecular weight is 360 g/mol. The van der Waals surface area contributed by atoms with Crippen LogP contribution in [0.5, 0.6) is 0 Å². The van der Waals surface area contributed by atoms with Crippen LogP contribution in [0.3, 0.4) is 0 Å². The van der Waals surface area contributed by atoms with Crippen LogP contribution < -0.4 is 11.1 Å². The smallest absolute Gasteiger partial charge is 0.0692 e. The monoisotopic (exact) mass is 359 g/mol. The van der Waals surface area contributed by atoms with Crippen LogP contribution in [0.2, 0.25) is 0 Å². The van der Waals surface area contributed by atoms with Crippen LogP contribution in [-0.2, 0) is 6.54 Å². The Morgan fingerprint density at radius 2 is 2.33 bits per heavy atom. The summed E-state index contributed by atoms with van der Waals surface area (Å²) < 4.78 is 1.26. The number of thioether (sulfide) groups is 1. The molecule has 24 heavy (non-hydrogen) atoms. The molecule has 1 aromatic heterocycles. The third-order valence-corrected chi connectivity index (χ3v) is 6.99. The molecule has 0 bridgehead atoms. The van der Waals surface area contributed by atoms with E-state index < -0.39 is 0 Å². The van der Waals surface area contributed by atoms with Gasteiger partial charge in [0.15, 0.2) is 0 Å². The molecule has 3 nitrogen and oxygen atoms in total. The average Bonchev–Trinajstić information content (AvgIpc) is 2.93. The van der Waals surface area contributed by atoms with E-state index in [1.54, 1.807) is 11.3 Å². The van der Waals surface area contributed by atoms with Gasteiger partial charge in [-0.05, 0) is 38.0 Å². The Hall–Kier alpha value is -1.30. The van der Waals surface area contributed by atoms with Crippen molar-refractivity contribution in [2.75, 3.05) is 5.75 Å². The van der Waals surface area contributed by atoms with E-state index in [2.05, 4.69) is 43.1 Å². The first kappa shape index (κ1) is 17.5. The van der Waals surface area contributed by atoms with Crippen LogP contribution in [0.4, 0.5) is 0 Å². The van der Waals surface area contributed by atoms with E-state index >= 15 is 0 Å². The molecule has 5 heteroatoms. The number of hydrogen-bond acceptors (Lipinski definition) is 5. The van der Waals surface area contributed by atoms with Crippen molar-refractivity contribution in [1.29, 1.82) is 5.41 Å². The zero-order valence-electron chi connectivity index (χ0n) is 14.1. The minimum Gasteiger partial charge on any atom is -0.382 e. The predicted molar refractivity (Wildman–Crippen MR) is 106 cm³/mol. The number of fused-ring (bicyclic) bond motifs is 1. The van der Waals surface area contributed by atoms with E-state index in [-0.39, 0.29) is 5.92 Å². The molecule has 1 aromatic rings. The van der Waals surface area contributed by atoms with E-state index in [9.17, 15) is 0 Å². The second-order valence-electron chi connectivity index (χ2n) is 6.47. The van der Waals surface area contributed by atoms with Crippen LogP contribution in [0.25, 0.3) is 0 Å². The number of hydrogen-bond donors (Lipinski definition) is 3. The van der Waals surface area contributed by atoms with E-state index in [0.717, 1.165) is 42.0 Å². The second kappa shape index (κ2) is 7.72. The van der Waals surface area contributed by atoms with Crippen LogP contribution >= 0.6 is 23.1 Å². The molecule has 3 rings (SSSR count). The summed E-state index contributed by atoms with van der Waals surface area (Å²) in [4.78, 5) is 1.17. The van der Waals surface area contributed by atoms with Crippen molar-refractivity contribution in [2.45, 2.75) is 43.0 Å². The molecule has 2 heterocycles. The highest BCUT2D eigenvalue weighted by atomic mass is 32.2. The van der Waals surface area contributed by atoms with Crippen molar-refractivity contribution in [3.8, 4) is 0 Å². The summed E-state index contributed by atoms with van der Waals surface area (Å²) in [5.41, 5.74) is 9.98. The molecule has 2 aliphatic rings. The molecule has 0 radical (unpaired) electrons. The molecule has 128 valence electrons. The van der Waals surface area contributed by atoms with Crippen molar-refractivity contribution in [3.63, 3.8) is 0 Å². The Balaban J connectivity index is 1.63. The molecule has 0 aromatic carbocycles. The lowest BCUT2D eigenvalue weighted by atomic mass is 9.91. The summed E-state index contributed by atoms with van der Waals surface area (Å²) in [6.45, 7) is 6.90. The third kappa shape index (κ3) is 4.02. The molecule has 2 atom stereocenters. The Labute approximate surface area is 152 Å². The van der Waals surface area contributed by atoms with Gasteiger partial charge in [0.05, 0.1) is 4.21 Å². The maximum atomic E-state index is 8.66. The summed E-state index contributed by atoms with van der Waals surface area (Å²) in [5.74, 6) is 1.30. The van der Waals surface area contributed by atoms with Gasteiger partial charge in [0.25, 0.3) is 0 Å². The Morgan fingerprint density at radius 1 is 1.50 bits per heavy atom. The van der Waals surface area contributed by atoms with E-state index in [1.165, 1.54) is 14.7 Å². The Morgan fingerprint density at radius 3 is 3.04 bits per heavy atom. The first-order valence-electron chi connectivity index (χ1n) is 8.40. The van der Waals surface area contributed by atoms with Gasteiger partial charge in [-0.15, -0.1) is 23.1 Å². The summed E-state index contributed by atoms with van der Waals surface area (Å²) in [5, 5.41) is 12.2. The van der Waals surface area contributed by atoms with Gasteiger partial charge in [0, 0.05) is 40.4 Å². The maximum absolute atomic E-state index is 8.66.